The molecule has 0 bridgehead atoms. The summed E-state index contributed by atoms with van der Waals surface area (Å²) in [5, 5.41) is 8.69. The van der Waals surface area contributed by atoms with Crippen molar-refractivity contribution in [2.45, 2.75) is 12.8 Å². The van der Waals surface area contributed by atoms with Gasteiger partial charge >= 0.3 is 5.97 Å². The highest BCUT2D eigenvalue weighted by Gasteiger charge is 2.18. The molecule has 0 aliphatic rings. The molecule has 13 heavy (non-hydrogen) atoms. The molecule has 0 radical (unpaired) electrons. The maximum absolute atomic E-state index is 10.6. The molecule has 68 valence electrons. The van der Waals surface area contributed by atoms with E-state index in [1.807, 2.05) is 13.0 Å². The number of benzene rings is 1. The molecule has 0 fully saturated rings. The first kappa shape index (κ1) is 9.45. The first-order valence-corrected chi connectivity index (χ1v) is 3.90. The molecule has 1 unspecified atom stereocenters. The topological polar surface area (TPSA) is 54.4 Å². The van der Waals surface area contributed by atoms with Crippen LogP contribution >= 0.6 is 0 Å². The predicted molar refractivity (Wildman–Crippen MR) is 47.6 cm³/mol. The Morgan fingerprint density at radius 1 is 1.54 bits per heavy atom. The summed E-state index contributed by atoms with van der Waals surface area (Å²) in [6.07, 6.45) is 0.442. The second-order valence-electron chi connectivity index (χ2n) is 2.87. The van der Waals surface area contributed by atoms with Crippen LogP contribution in [0.3, 0.4) is 0 Å². The third-order valence-electron chi connectivity index (χ3n) is 1.80. The summed E-state index contributed by atoms with van der Waals surface area (Å²) >= 11 is 0. The Kier molecular flexibility index (Phi) is 2.80. The molecule has 0 aliphatic heterocycles. The monoisotopic (exact) mass is 178 g/mol. The van der Waals surface area contributed by atoms with Gasteiger partial charge < -0.3 is 9.90 Å². The molecule has 0 amide bonds. The minimum atomic E-state index is -1.11. The third-order valence-corrected chi connectivity index (χ3v) is 1.80. The number of carbonyl (C=O) groups excluding carboxylic acids is 1. The number of aryl methyl sites for hydroxylation is 1. The Labute approximate surface area is 76.0 Å². The molecule has 1 rings (SSSR count). The Balaban J connectivity index is 3.04. The van der Waals surface area contributed by atoms with Crippen LogP contribution in [-0.4, -0.2) is 17.4 Å². The summed E-state index contributed by atoms with van der Waals surface area (Å²) in [5.74, 6) is -2.15. The number of hydrogen-bond donors (Lipinski definition) is 1. The Bertz CT molecular complexity index is 331. The Morgan fingerprint density at radius 3 is 2.69 bits per heavy atom. The molecule has 1 aromatic carbocycles. The van der Waals surface area contributed by atoms with Gasteiger partial charge in [0.05, 0.1) is 0 Å². The van der Waals surface area contributed by atoms with Gasteiger partial charge in [0, 0.05) is 0 Å². The maximum atomic E-state index is 10.6. The van der Waals surface area contributed by atoms with Crippen LogP contribution < -0.4 is 0 Å². The van der Waals surface area contributed by atoms with Gasteiger partial charge in [0.2, 0.25) is 0 Å². The van der Waals surface area contributed by atoms with E-state index in [-0.39, 0.29) is 0 Å². The van der Waals surface area contributed by atoms with Crippen molar-refractivity contribution in [3.8, 4) is 0 Å². The minimum Gasteiger partial charge on any atom is -0.480 e. The lowest BCUT2D eigenvalue weighted by Crippen LogP contribution is -2.12. The zero-order valence-electron chi connectivity index (χ0n) is 7.23. The smallest absolute Gasteiger partial charge is 0.318 e. The highest BCUT2D eigenvalue weighted by Crippen LogP contribution is 2.14. The molecule has 3 heteroatoms. The van der Waals surface area contributed by atoms with Crippen molar-refractivity contribution in [2.24, 2.45) is 0 Å². The van der Waals surface area contributed by atoms with E-state index in [1.54, 1.807) is 18.2 Å². The van der Waals surface area contributed by atoms with Gasteiger partial charge in [0.15, 0.2) is 0 Å². The second kappa shape index (κ2) is 3.85. The molecule has 0 aromatic heterocycles. The van der Waals surface area contributed by atoms with Crippen LogP contribution in [0.4, 0.5) is 0 Å². The lowest BCUT2D eigenvalue weighted by molar-refractivity contribution is -0.140. The highest BCUT2D eigenvalue weighted by molar-refractivity contribution is 5.92. The van der Waals surface area contributed by atoms with Crippen molar-refractivity contribution in [1.29, 1.82) is 0 Å². The minimum absolute atomic E-state index is 0.442. The van der Waals surface area contributed by atoms with E-state index < -0.39 is 11.9 Å². The number of aliphatic carboxylic acids is 1. The lowest BCUT2D eigenvalue weighted by atomic mass is 9.99. The average molecular weight is 178 g/mol. The molecule has 3 nitrogen and oxygen atoms in total. The summed E-state index contributed by atoms with van der Waals surface area (Å²) < 4.78 is 0. The van der Waals surface area contributed by atoms with E-state index in [9.17, 15) is 9.59 Å². The van der Waals surface area contributed by atoms with Crippen molar-refractivity contribution >= 4 is 12.3 Å². The number of carboxylic acids is 1. The summed E-state index contributed by atoms with van der Waals surface area (Å²) in [6.45, 7) is 1.85. The van der Waals surface area contributed by atoms with E-state index >= 15 is 0 Å². The van der Waals surface area contributed by atoms with Crippen molar-refractivity contribution in [3.05, 3.63) is 35.4 Å². The third kappa shape index (κ3) is 2.15. The molecule has 1 aromatic rings. The van der Waals surface area contributed by atoms with Crippen LogP contribution in [0, 0.1) is 6.92 Å². The lowest BCUT2D eigenvalue weighted by Gasteiger charge is -2.05. The first-order chi connectivity index (χ1) is 6.15. The van der Waals surface area contributed by atoms with Gasteiger partial charge in [-0.25, -0.2) is 0 Å². The molecule has 0 spiro atoms. The van der Waals surface area contributed by atoms with Crippen LogP contribution in [0.5, 0.6) is 0 Å². The summed E-state index contributed by atoms with van der Waals surface area (Å²) in [6, 6.07) is 6.94. The number of hydrogen-bond acceptors (Lipinski definition) is 2. The Morgan fingerprint density at radius 2 is 2.23 bits per heavy atom. The molecule has 0 saturated heterocycles. The standard InChI is InChI=1S/C10H10O3/c1-7-3-2-4-8(5-7)9(6-11)10(12)13/h2-6,9H,1H3,(H,12,13). The van der Waals surface area contributed by atoms with Crippen molar-refractivity contribution in [3.63, 3.8) is 0 Å². The number of rotatable bonds is 3. The summed E-state index contributed by atoms with van der Waals surface area (Å²) in [4.78, 5) is 21.1. The van der Waals surface area contributed by atoms with Crippen molar-refractivity contribution in [2.75, 3.05) is 0 Å². The molecule has 0 aliphatic carbocycles. The number of carbonyl (C=O) groups is 2. The highest BCUT2D eigenvalue weighted by atomic mass is 16.4. The predicted octanol–water partition coefficient (Wildman–Crippen LogP) is 1.36. The van der Waals surface area contributed by atoms with E-state index in [4.69, 9.17) is 5.11 Å². The Hall–Kier alpha value is -1.64. The largest absolute Gasteiger partial charge is 0.480 e. The van der Waals surface area contributed by atoms with Gasteiger partial charge in [-0.1, -0.05) is 29.8 Å². The van der Waals surface area contributed by atoms with E-state index in [1.165, 1.54) is 0 Å². The second-order valence-corrected chi connectivity index (χ2v) is 2.87. The molecular formula is C10H10O3. The maximum Gasteiger partial charge on any atom is 0.318 e. The van der Waals surface area contributed by atoms with Crippen LogP contribution in [0.1, 0.15) is 17.0 Å². The quantitative estimate of drug-likeness (QED) is 0.561. The SMILES string of the molecule is Cc1cccc(C(C=O)C(=O)O)c1. The first-order valence-electron chi connectivity index (χ1n) is 3.90. The van der Waals surface area contributed by atoms with Gasteiger partial charge in [0.25, 0.3) is 0 Å². The van der Waals surface area contributed by atoms with Crippen LogP contribution in [-0.2, 0) is 9.59 Å². The molecule has 1 N–H and O–H groups in total. The average Bonchev–Trinajstić information content (AvgIpc) is 2.04. The summed E-state index contributed by atoms with van der Waals surface area (Å²) in [5.41, 5.74) is 1.48. The molecule has 0 saturated carbocycles. The zero-order valence-corrected chi connectivity index (χ0v) is 7.23. The van der Waals surface area contributed by atoms with Crippen LogP contribution in [0.25, 0.3) is 0 Å². The van der Waals surface area contributed by atoms with Gasteiger partial charge in [-0.05, 0) is 12.5 Å². The summed E-state index contributed by atoms with van der Waals surface area (Å²) in [7, 11) is 0. The van der Waals surface area contributed by atoms with Crippen LogP contribution in [0.2, 0.25) is 0 Å². The molecular weight excluding hydrogens is 168 g/mol. The van der Waals surface area contributed by atoms with Gasteiger partial charge in [0.1, 0.15) is 12.2 Å². The van der Waals surface area contributed by atoms with E-state index in [0.29, 0.717) is 11.8 Å². The van der Waals surface area contributed by atoms with Gasteiger partial charge in [-0.3, -0.25) is 4.79 Å². The van der Waals surface area contributed by atoms with Crippen molar-refractivity contribution in [1.82, 2.24) is 0 Å². The van der Waals surface area contributed by atoms with E-state index in [2.05, 4.69) is 0 Å². The number of carboxylic acid groups (broad SMARTS) is 1. The zero-order chi connectivity index (χ0) is 9.84. The van der Waals surface area contributed by atoms with Gasteiger partial charge in [-0.15, -0.1) is 0 Å². The van der Waals surface area contributed by atoms with E-state index in [0.717, 1.165) is 5.56 Å². The fourth-order valence-electron chi connectivity index (χ4n) is 1.14. The van der Waals surface area contributed by atoms with Crippen molar-refractivity contribution < 1.29 is 14.7 Å². The molecule has 1 atom stereocenters. The normalized spacial score (nSPS) is 12.1. The number of aldehydes is 1. The fraction of sp³-hybridized carbons (Fsp3) is 0.200. The van der Waals surface area contributed by atoms with Crippen LogP contribution in [0.15, 0.2) is 24.3 Å². The molecule has 0 heterocycles. The van der Waals surface area contributed by atoms with Gasteiger partial charge in [-0.2, -0.15) is 0 Å². The fourth-order valence-corrected chi connectivity index (χ4v) is 1.14.